The van der Waals surface area contributed by atoms with Gasteiger partial charge in [0.1, 0.15) is 5.60 Å². The van der Waals surface area contributed by atoms with Crippen LogP contribution in [0.25, 0.3) is 0 Å². The lowest BCUT2D eigenvalue weighted by Crippen LogP contribution is -2.49. The number of likely N-dealkylation sites (N-methyl/N-ethyl adjacent to an activating group) is 1. The third kappa shape index (κ3) is 4.32. The van der Waals surface area contributed by atoms with Gasteiger partial charge in [-0.05, 0) is 32.5 Å². The molecule has 4 nitrogen and oxygen atoms in total. The van der Waals surface area contributed by atoms with Gasteiger partial charge in [-0.15, -0.1) is 0 Å². The number of hydrogen-bond donors (Lipinski definition) is 2. The fourth-order valence-electron chi connectivity index (χ4n) is 2.40. The van der Waals surface area contributed by atoms with Crippen LogP contribution in [-0.2, 0) is 10.4 Å². The van der Waals surface area contributed by atoms with Gasteiger partial charge < -0.3 is 10.4 Å². The van der Waals surface area contributed by atoms with Gasteiger partial charge in [-0.3, -0.25) is 9.69 Å². The second-order valence-corrected chi connectivity index (χ2v) is 6.01. The molecule has 2 atom stereocenters. The summed E-state index contributed by atoms with van der Waals surface area (Å²) in [6.07, 6.45) is 0. The predicted molar refractivity (Wildman–Crippen MR) is 81.3 cm³/mol. The molecule has 1 aromatic rings. The third-order valence-corrected chi connectivity index (χ3v) is 3.46. The van der Waals surface area contributed by atoms with Gasteiger partial charge >= 0.3 is 0 Å². The van der Waals surface area contributed by atoms with Crippen molar-refractivity contribution >= 4 is 5.91 Å². The maximum absolute atomic E-state index is 12.2. The highest BCUT2D eigenvalue weighted by Gasteiger charge is 2.28. The summed E-state index contributed by atoms with van der Waals surface area (Å²) in [5, 5.41) is 13.3. The number of benzene rings is 1. The summed E-state index contributed by atoms with van der Waals surface area (Å²) in [7, 11) is 3.78. The zero-order valence-electron chi connectivity index (χ0n) is 13.1. The Morgan fingerprint density at radius 2 is 1.85 bits per heavy atom. The van der Waals surface area contributed by atoms with Gasteiger partial charge in [0.15, 0.2) is 0 Å². The van der Waals surface area contributed by atoms with E-state index in [1.54, 1.807) is 6.92 Å². The third-order valence-electron chi connectivity index (χ3n) is 3.46. The van der Waals surface area contributed by atoms with E-state index in [2.05, 4.69) is 5.32 Å². The first-order chi connectivity index (χ1) is 9.25. The van der Waals surface area contributed by atoms with Crippen LogP contribution in [0.5, 0.6) is 0 Å². The standard InChI is InChI=1S/C16H26N2O2/c1-12(2)14(18(4)5)15(19)17-11-16(3,20)13-9-7-6-8-10-13/h6-10,12,14,20H,11H2,1-5H3,(H,17,19). The molecule has 4 heteroatoms. The van der Waals surface area contributed by atoms with Crippen molar-refractivity contribution in [2.45, 2.75) is 32.4 Å². The van der Waals surface area contributed by atoms with E-state index in [9.17, 15) is 9.90 Å². The molecular weight excluding hydrogens is 252 g/mol. The molecule has 0 fully saturated rings. The van der Waals surface area contributed by atoms with E-state index < -0.39 is 5.60 Å². The highest BCUT2D eigenvalue weighted by atomic mass is 16.3. The number of hydrogen-bond acceptors (Lipinski definition) is 3. The summed E-state index contributed by atoms with van der Waals surface area (Å²) < 4.78 is 0. The number of aliphatic hydroxyl groups is 1. The lowest BCUT2D eigenvalue weighted by molar-refractivity contribution is -0.128. The van der Waals surface area contributed by atoms with E-state index in [0.29, 0.717) is 0 Å². The molecule has 0 bridgehead atoms. The number of carbonyl (C=O) groups excluding carboxylic acids is 1. The molecule has 0 heterocycles. The largest absolute Gasteiger partial charge is 0.384 e. The van der Waals surface area contributed by atoms with Crippen molar-refractivity contribution in [3.05, 3.63) is 35.9 Å². The molecule has 1 rings (SSSR count). The molecule has 1 aromatic carbocycles. The summed E-state index contributed by atoms with van der Waals surface area (Å²) >= 11 is 0. The molecule has 20 heavy (non-hydrogen) atoms. The first-order valence-electron chi connectivity index (χ1n) is 6.97. The molecule has 0 saturated carbocycles. The molecule has 0 aliphatic rings. The normalized spacial score (nSPS) is 16.0. The predicted octanol–water partition coefficient (Wildman–Crippen LogP) is 1.60. The lowest BCUT2D eigenvalue weighted by Gasteiger charge is -2.29. The topological polar surface area (TPSA) is 52.6 Å². The SMILES string of the molecule is CC(C)C(C(=O)NCC(C)(O)c1ccccc1)N(C)C. The highest BCUT2D eigenvalue weighted by Crippen LogP contribution is 2.19. The van der Waals surface area contributed by atoms with Gasteiger partial charge in [0, 0.05) is 0 Å². The molecule has 0 aliphatic heterocycles. The van der Waals surface area contributed by atoms with E-state index in [0.717, 1.165) is 5.56 Å². The van der Waals surface area contributed by atoms with Crippen molar-refractivity contribution in [1.82, 2.24) is 10.2 Å². The molecule has 2 unspecified atom stereocenters. The van der Waals surface area contributed by atoms with Gasteiger partial charge in [0.2, 0.25) is 5.91 Å². The van der Waals surface area contributed by atoms with E-state index >= 15 is 0 Å². The minimum atomic E-state index is -1.06. The monoisotopic (exact) mass is 278 g/mol. The Morgan fingerprint density at radius 1 is 1.30 bits per heavy atom. The Morgan fingerprint density at radius 3 is 2.30 bits per heavy atom. The Labute approximate surface area is 121 Å². The zero-order valence-corrected chi connectivity index (χ0v) is 13.1. The van der Waals surface area contributed by atoms with Crippen molar-refractivity contribution < 1.29 is 9.90 Å². The van der Waals surface area contributed by atoms with E-state index in [1.807, 2.05) is 63.2 Å². The molecule has 0 saturated heterocycles. The van der Waals surface area contributed by atoms with Gasteiger partial charge in [-0.1, -0.05) is 44.2 Å². The van der Waals surface area contributed by atoms with Crippen LogP contribution < -0.4 is 5.32 Å². The summed E-state index contributed by atoms with van der Waals surface area (Å²) in [5.41, 5.74) is -0.267. The Bertz CT molecular complexity index is 419. The smallest absolute Gasteiger partial charge is 0.237 e. The van der Waals surface area contributed by atoms with Crippen LogP contribution in [-0.4, -0.2) is 42.6 Å². The molecule has 0 aliphatic carbocycles. The lowest BCUT2D eigenvalue weighted by atomic mass is 9.95. The van der Waals surface area contributed by atoms with Crippen LogP contribution in [0.3, 0.4) is 0 Å². The van der Waals surface area contributed by atoms with E-state index in [4.69, 9.17) is 0 Å². The number of nitrogens with zero attached hydrogens (tertiary/aromatic N) is 1. The van der Waals surface area contributed by atoms with Gasteiger partial charge in [0.05, 0.1) is 12.6 Å². The van der Waals surface area contributed by atoms with Crippen LogP contribution in [0, 0.1) is 5.92 Å². The van der Waals surface area contributed by atoms with Crippen molar-refractivity contribution in [3.63, 3.8) is 0 Å². The molecule has 0 radical (unpaired) electrons. The minimum Gasteiger partial charge on any atom is -0.384 e. The molecular formula is C16H26N2O2. The number of carbonyl (C=O) groups is 1. The fourth-order valence-corrected chi connectivity index (χ4v) is 2.40. The molecule has 0 spiro atoms. The first-order valence-corrected chi connectivity index (χ1v) is 6.97. The summed E-state index contributed by atoms with van der Waals surface area (Å²) in [4.78, 5) is 14.1. The minimum absolute atomic E-state index is 0.0544. The van der Waals surface area contributed by atoms with E-state index in [-0.39, 0.29) is 24.4 Å². The van der Waals surface area contributed by atoms with Gasteiger partial charge in [-0.2, -0.15) is 0 Å². The maximum Gasteiger partial charge on any atom is 0.237 e. The molecule has 2 N–H and O–H groups in total. The number of amides is 1. The Balaban J connectivity index is 2.68. The summed E-state index contributed by atoms with van der Waals surface area (Å²) in [5.74, 6) is 0.160. The average Bonchev–Trinajstić information content (AvgIpc) is 2.37. The quantitative estimate of drug-likeness (QED) is 0.831. The highest BCUT2D eigenvalue weighted by molar-refractivity contribution is 5.82. The Kier molecular flexibility index (Phi) is 5.72. The molecule has 0 aromatic heterocycles. The number of rotatable bonds is 6. The van der Waals surface area contributed by atoms with Crippen LogP contribution in [0.1, 0.15) is 26.3 Å². The van der Waals surface area contributed by atoms with Crippen LogP contribution in [0.4, 0.5) is 0 Å². The maximum atomic E-state index is 12.2. The van der Waals surface area contributed by atoms with Crippen LogP contribution >= 0.6 is 0 Å². The first kappa shape index (κ1) is 16.7. The van der Waals surface area contributed by atoms with Gasteiger partial charge in [-0.25, -0.2) is 0 Å². The summed E-state index contributed by atoms with van der Waals surface area (Å²) in [6, 6.07) is 9.18. The van der Waals surface area contributed by atoms with Crippen molar-refractivity contribution in [2.24, 2.45) is 5.92 Å². The second-order valence-electron chi connectivity index (χ2n) is 6.01. The van der Waals surface area contributed by atoms with Crippen LogP contribution in [0.2, 0.25) is 0 Å². The van der Waals surface area contributed by atoms with Crippen molar-refractivity contribution in [1.29, 1.82) is 0 Å². The zero-order chi connectivity index (χ0) is 15.3. The van der Waals surface area contributed by atoms with Gasteiger partial charge in [0.25, 0.3) is 0 Å². The molecule has 112 valence electrons. The van der Waals surface area contributed by atoms with Crippen molar-refractivity contribution in [2.75, 3.05) is 20.6 Å². The second kappa shape index (κ2) is 6.86. The Hall–Kier alpha value is -1.39. The average molecular weight is 278 g/mol. The van der Waals surface area contributed by atoms with E-state index in [1.165, 1.54) is 0 Å². The molecule has 1 amide bonds. The summed E-state index contributed by atoms with van der Waals surface area (Å²) in [6.45, 7) is 5.94. The van der Waals surface area contributed by atoms with Crippen molar-refractivity contribution in [3.8, 4) is 0 Å². The number of nitrogens with one attached hydrogen (secondary N) is 1. The fraction of sp³-hybridized carbons (Fsp3) is 0.562. The van der Waals surface area contributed by atoms with Crippen LogP contribution in [0.15, 0.2) is 30.3 Å².